The van der Waals surface area contributed by atoms with Gasteiger partial charge in [0.05, 0.1) is 13.7 Å². The van der Waals surface area contributed by atoms with Crippen molar-refractivity contribution in [3.8, 4) is 40.1 Å². The van der Waals surface area contributed by atoms with Gasteiger partial charge < -0.3 is 54.0 Å². The Bertz CT molecular complexity index is 1740. The molecule has 44 heavy (non-hydrogen) atoms. The number of ether oxygens (including phenoxy) is 4. The van der Waals surface area contributed by atoms with Gasteiger partial charge in [0.15, 0.2) is 29.1 Å². The average molecular weight is 609 g/mol. The molecule has 5 atom stereocenters. The maximum Gasteiger partial charge on any atom is 0.331 e. The van der Waals surface area contributed by atoms with Crippen LogP contribution in [0.4, 0.5) is 0 Å². The summed E-state index contributed by atoms with van der Waals surface area (Å²) in [5.41, 5.74) is 0.278. The molecule has 0 amide bonds. The van der Waals surface area contributed by atoms with Gasteiger partial charge in [-0.15, -0.1) is 0 Å². The molecule has 230 valence electrons. The van der Waals surface area contributed by atoms with Crippen molar-refractivity contribution in [2.45, 2.75) is 30.7 Å². The Morgan fingerprint density at radius 2 is 1.70 bits per heavy atom. The summed E-state index contributed by atoms with van der Waals surface area (Å²) in [6.45, 7) is -0.720. The first-order chi connectivity index (χ1) is 21.1. The third kappa shape index (κ3) is 6.31. The van der Waals surface area contributed by atoms with Crippen LogP contribution in [0.1, 0.15) is 5.56 Å². The second-order valence-electron chi connectivity index (χ2n) is 9.83. The van der Waals surface area contributed by atoms with E-state index in [1.807, 2.05) is 0 Å². The summed E-state index contributed by atoms with van der Waals surface area (Å²) in [4.78, 5) is 25.4. The minimum Gasteiger partial charge on any atom is -0.508 e. The lowest BCUT2D eigenvalue weighted by Gasteiger charge is -2.41. The molecule has 5 rings (SSSR count). The quantitative estimate of drug-likeness (QED) is 0.125. The Labute approximate surface area is 249 Å². The van der Waals surface area contributed by atoms with Crippen LogP contribution in [-0.2, 0) is 14.3 Å². The number of esters is 1. The largest absolute Gasteiger partial charge is 0.508 e. The number of phenols is 3. The highest BCUT2D eigenvalue weighted by Gasteiger charge is 2.47. The lowest BCUT2D eigenvalue weighted by atomic mass is 9.99. The van der Waals surface area contributed by atoms with Crippen molar-refractivity contribution < 1.29 is 58.8 Å². The van der Waals surface area contributed by atoms with Gasteiger partial charge in [-0.25, -0.2) is 4.79 Å². The Morgan fingerprint density at radius 1 is 0.955 bits per heavy atom. The zero-order valence-corrected chi connectivity index (χ0v) is 23.1. The monoisotopic (exact) mass is 608 g/mol. The molecule has 3 aromatic carbocycles. The molecule has 1 saturated heterocycles. The van der Waals surface area contributed by atoms with Crippen LogP contribution >= 0.6 is 0 Å². The highest BCUT2D eigenvalue weighted by atomic mass is 16.7. The first kappa shape index (κ1) is 30.4. The van der Waals surface area contributed by atoms with Gasteiger partial charge in [0.2, 0.25) is 6.29 Å². The molecule has 0 aliphatic carbocycles. The number of phenolic OH excluding ortho intramolecular Hbond substituents is 3. The van der Waals surface area contributed by atoms with Gasteiger partial charge in [-0.05, 0) is 42.0 Å². The van der Waals surface area contributed by atoms with Crippen molar-refractivity contribution in [1.29, 1.82) is 0 Å². The van der Waals surface area contributed by atoms with E-state index < -0.39 is 54.5 Å². The van der Waals surface area contributed by atoms with E-state index in [9.17, 15) is 40.2 Å². The smallest absolute Gasteiger partial charge is 0.331 e. The third-order valence-corrected chi connectivity index (χ3v) is 6.88. The number of hydrogen-bond donors (Lipinski definition) is 6. The van der Waals surface area contributed by atoms with Crippen molar-refractivity contribution in [1.82, 2.24) is 0 Å². The van der Waals surface area contributed by atoms with E-state index in [0.717, 1.165) is 18.2 Å². The van der Waals surface area contributed by atoms with Gasteiger partial charge in [0.1, 0.15) is 46.2 Å². The number of hydrogen-bond acceptors (Lipinski definition) is 13. The second-order valence-corrected chi connectivity index (χ2v) is 9.83. The lowest BCUT2D eigenvalue weighted by molar-refractivity contribution is -0.280. The van der Waals surface area contributed by atoms with Gasteiger partial charge in [-0.2, -0.15) is 0 Å². The number of carbonyl (C=O) groups excluding carboxylic acids is 1. The van der Waals surface area contributed by atoms with Gasteiger partial charge in [-0.1, -0.05) is 12.1 Å². The minimum absolute atomic E-state index is 0.0413. The van der Waals surface area contributed by atoms with E-state index in [4.69, 9.17) is 23.4 Å². The van der Waals surface area contributed by atoms with Crippen LogP contribution in [0.5, 0.6) is 28.7 Å². The van der Waals surface area contributed by atoms with Gasteiger partial charge in [0.25, 0.3) is 0 Å². The molecule has 1 aliphatic heterocycles. The molecular formula is C31H28O13. The van der Waals surface area contributed by atoms with E-state index in [-0.39, 0.29) is 39.7 Å². The Hall–Kier alpha value is -5.08. The summed E-state index contributed by atoms with van der Waals surface area (Å²) in [6, 6.07) is 13.7. The summed E-state index contributed by atoms with van der Waals surface area (Å²) in [5, 5.41) is 61.1. The number of aliphatic hydroxyl groups excluding tert-OH is 3. The highest BCUT2D eigenvalue weighted by Crippen LogP contribution is 2.35. The number of fused-ring (bicyclic) bond motifs is 1. The first-order valence-electron chi connectivity index (χ1n) is 13.2. The molecule has 0 unspecified atom stereocenters. The van der Waals surface area contributed by atoms with E-state index >= 15 is 0 Å². The zero-order chi connectivity index (χ0) is 31.5. The lowest BCUT2D eigenvalue weighted by Crippen LogP contribution is -2.61. The van der Waals surface area contributed by atoms with Crippen LogP contribution in [0.25, 0.3) is 28.4 Å². The van der Waals surface area contributed by atoms with Crippen molar-refractivity contribution in [3.05, 3.63) is 82.5 Å². The second kappa shape index (κ2) is 12.7. The Morgan fingerprint density at radius 3 is 2.41 bits per heavy atom. The predicted molar refractivity (Wildman–Crippen MR) is 153 cm³/mol. The molecule has 6 N–H and O–H groups in total. The molecule has 2 heterocycles. The van der Waals surface area contributed by atoms with Crippen molar-refractivity contribution >= 4 is 23.0 Å². The van der Waals surface area contributed by atoms with Crippen LogP contribution in [0.2, 0.25) is 0 Å². The molecule has 1 aliphatic rings. The van der Waals surface area contributed by atoms with E-state index in [0.29, 0.717) is 11.1 Å². The summed E-state index contributed by atoms with van der Waals surface area (Å²) in [7, 11) is 1.36. The summed E-state index contributed by atoms with van der Waals surface area (Å²) in [5.74, 6) is -1.42. The number of carbonyl (C=O) groups is 1. The molecule has 4 aromatic rings. The molecule has 0 bridgehead atoms. The van der Waals surface area contributed by atoms with Crippen LogP contribution < -0.4 is 14.9 Å². The number of methoxy groups -OCH3 is 1. The van der Waals surface area contributed by atoms with Gasteiger partial charge >= 0.3 is 5.97 Å². The predicted octanol–water partition coefficient (Wildman–Crippen LogP) is 2.03. The first-order valence-corrected chi connectivity index (χ1v) is 13.2. The molecule has 0 radical (unpaired) electrons. The van der Waals surface area contributed by atoms with Gasteiger partial charge in [0, 0.05) is 29.8 Å². The molecule has 13 nitrogen and oxygen atoms in total. The maximum atomic E-state index is 12.9. The highest BCUT2D eigenvalue weighted by molar-refractivity contribution is 5.87. The fourth-order valence-corrected chi connectivity index (χ4v) is 4.63. The number of aliphatic hydroxyl groups is 3. The summed E-state index contributed by atoms with van der Waals surface area (Å²) < 4.78 is 27.5. The maximum absolute atomic E-state index is 12.9. The van der Waals surface area contributed by atoms with E-state index in [1.165, 1.54) is 49.6 Å². The van der Waals surface area contributed by atoms with Crippen LogP contribution in [0, 0.1) is 0 Å². The average Bonchev–Trinajstić information content (AvgIpc) is 3.00. The number of benzene rings is 3. The van der Waals surface area contributed by atoms with Crippen LogP contribution in [0.15, 0.2) is 76.0 Å². The van der Waals surface area contributed by atoms with Crippen LogP contribution in [-0.4, -0.2) is 81.0 Å². The minimum atomic E-state index is -1.76. The standard InChI is InChI=1S/C31H28O13/c1-40-23-10-16(5-8-19(23)34)22-13-21(36)27-20(35)11-18(12-24(27)42-22)41-31-29(39)30(28(38)25(14-32)43-31)44-26(37)9-4-15-2-6-17(33)7-3-15/h2-13,25,28-35,38-39H,14H2,1H3/b9-4+/t25-,28+,29+,30-,31+/m0/s1. The van der Waals surface area contributed by atoms with Crippen molar-refractivity contribution in [2.75, 3.05) is 13.7 Å². The summed E-state index contributed by atoms with van der Waals surface area (Å²) >= 11 is 0. The van der Waals surface area contributed by atoms with E-state index in [2.05, 4.69) is 0 Å². The Kier molecular flexibility index (Phi) is 8.73. The third-order valence-electron chi connectivity index (χ3n) is 6.88. The molecule has 1 aromatic heterocycles. The molecule has 0 saturated carbocycles. The molecule has 13 heteroatoms. The fraction of sp³-hybridized carbons (Fsp3) is 0.226. The zero-order valence-electron chi connectivity index (χ0n) is 23.1. The summed E-state index contributed by atoms with van der Waals surface area (Å²) in [6.07, 6.45) is -5.48. The molecule has 0 spiro atoms. The van der Waals surface area contributed by atoms with Gasteiger partial charge in [-0.3, -0.25) is 4.79 Å². The fourth-order valence-electron chi connectivity index (χ4n) is 4.63. The number of aromatic hydroxyl groups is 3. The normalized spacial score (nSPS) is 21.8. The molecule has 1 fully saturated rings. The number of rotatable bonds is 8. The van der Waals surface area contributed by atoms with E-state index in [1.54, 1.807) is 12.1 Å². The van der Waals surface area contributed by atoms with Crippen molar-refractivity contribution in [2.24, 2.45) is 0 Å². The molecular weight excluding hydrogens is 580 g/mol. The SMILES string of the molecule is COc1cc(-c2cc(=O)c3c(O)cc(O[C@@H]4O[C@@H](CO)[C@@H](O)[C@H](OC(=O)/C=C/c5ccc(O)cc5)[C@H]4O)cc3o2)ccc1O. The van der Waals surface area contributed by atoms with Crippen LogP contribution in [0.3, 0.4) is 0 Å². The Balaban J connectivity index is 1.40. The van der Waals surface area contributed by atoms with Crippen molar-refractivity contribution in [3.63, 3.8) is 0 Å². The topological polar surface area (TPSA) is 206 Å².